The van der Waals surface area contributed by atoms with Crippen molar-refractivity contribution in [1.29, 1.82) is 0 Å². The highest BCUT2D eigenvalue weighted by Crippen LogP contribution is 2.39. The Morgan fingerprint density at radius 3 is 2.27 bits per heavy atom. The number of hydrogen-bond acceptors (Lipinski definition) is 7. The molecule has 268 valence electrons. The fourth-order valence-electron chi connectivity index (χ4n) is 7.46. The molecule has 1 aliphatic carbocycles. The first-order valence-electron chi connectivity index (χ1n) is 17.2. The minimum atomic E-state index is -0.763. The minimum Gasteiger partial charge on any atom is -0.465 e. The molecule has 12 heteroatoms. The van der Waals surface area contributed by atoms with Gasteiger partial charge in [-0.3, -0.25) is 14.5 Å². The molecule has 0 radical (unpaired) electrons. The Hall–Kier alpha value is -4.16. The fourth-order valence-corrected chi connectivity index (χ4v) is 8.74. The van der Waals surface area contributed by atoms with E-state index in [0.29, 0.717) is 46.6 Å². The van der Waals surface area contributed by atoms with Gasteiger partial charge in [-0.1, -0.05) is 24.3 Å². The average molecular weight is 735 g/mol. The first-order valence-corrected chi connectivity index (χ1v) is 18.1. The van der Waals surface area contributed by atoms with E-state index < -0.39 is 23.5 Å². The van der Waals surface area contributed by atoms with Gasteiger partial charge >= 0.3 is 5.97 Å². The lowest BCUT2D eigenvalue weighted by molar-refractivity contribution is 0.0600. The number of carbonyl (C=O) groups excluding carboxylic acids is 3. The van der Waals surface area contributed by atoms with Crippen LogP contribution in [0.5, 0.6) is 0 Å². The van der Waals surface area contributed by atoms with Gasteiger partial charge in [-0.25, -0.2) is 13.6 Å². The maximum Gasteiger partial charge on any atom is 0.337 e. The fraction of sp³-hybridized carbons (Fsp3) is 0.359. The van der Waals surface area contributed by atoms with Crippen molar-refractivity contribution >= 4 is 52.2 Å². The molecular formula is C39H41ClF2N4O4S. The summed E-state index contributed by atoms with van der Waals surface area (Å²) in [6.07, 6.45) is 6.26. The van der Waals surface area contributed by atoms with Gasteiger partial charge in [0, 0.05) is 53.4 Å². The van der Waals surface area contributed by atoms with Gasteiger partial charge in [-0.2, -0.15) is 0 Å². The van der Waals surface area contributed by atoms with Gasteiger partial charge < -0.3 is 20.7 Å². The monoisotopic (exact) mass is 734 g/mol. The topological polar surface area (TPSA) is 99.8 Å². The number of aryl methyl sites for hydroxylation is 2. The smallest absolute Gasteiger partial charge is 0.337 e. The van der Waals surface area contributed by atoms with Gasteiger partial charge in [0.2, 0.25) is 0 Å². The van der Waals surface area contributed by atoms with E-state index in [2.05, 4.69) is 20.9 Å². The zero-order valence-corrected chi connectivity index (χ0v) is 30.0. The molecule has 2 unspecified atom stereocenters. The van der Waals surface area contributed by atoms with Crippen LogP contribution in [-0.2, 0) is 37.0 Å². The van der Waals surface area contributed by atoms with Gasteiger partial charge in [0.05, 0.1) is 18.2 Å². The average Bonchev–Trinajstić information content (AvgIpc) is 3.65. The summed E-state index contributed by atoms with van der Waals surface area (Å²) in [5.41, 5.74) is 3.92. The van der Waals surface area contributed by atoms with E-state index in [1.165, 1.54) is 31.3 Å². The molecule has 2 atom stereocenters. The van der Waals surface area contributed by atoms with Gasteiger partial charge in [-0.15, -0.1) is 23.7 Å². The SMILES string of the molecule is COC(=O)c1ccc(CCc2c(F)cc(NC(=O)c3c(NC(=O)c4cccc(CN5CC6CCC(C5)N6)c4)sc4c3CCCC4)cc2F)cc1.Cl. The summed E-state index contributed by atoms with van der Waals surface area (Å²) in [7, 11) is 1.30. The van der Waals surface area contributed by atoms with Crippen LogP contribution in [-0.4, -0.2) is 55.0 Å². The van der Waals surface area contributed by atoms with Crippen molar-refractivity contribution in [3.8, 4) is 0 Å². The molecule has 3 aliphatic rings. The van der Waals surface area contributed by atoms with E-state index in [4.69, 9.17) is 4.74 Å². The number of ether oxygens (including phenoxy) is 1. The van der Waals surface area contributed by atoms with Crippen molar-refractivity contribution in [2.45, 2.75) is 70.0 Å². The molecule has 2 saturated heterocycles. The molecule has 2 bridgehead atoms. The summed E-state index contributed by atoms with van der Waals surface area (Å²) in [5, 5.41) is 9.80. The predicted molar refractivity (Wildman–Crippen MR) is 197 cm³/mol. The van der Waals surface area contributed by atoms with Crippen molar-refractivity contribution in [1.82, 2.24) is 10.2 Å². The molecule has 3 N–H and O–H groups in total. The highest BCUT2D eigenvalue weighted by molar-refractivity contribution is 7.17. The number of thiophene rings is 1. The largest absolute Gasteiger partial charge is 0.465 e. The van der Waals surface area contributed by atoms with Crippen molar-refractivity contribution in [2.75, 3.05) is 30.8 Å². The highest BCUT2D eigenvalue weighted by Gasteiger charge is 2.32. The quantitative estimate of drug-likeness (QED) is 0.148. The summed E-state index contributed by atoms with van der Waals surface area (Å²) in [6.45, 7) is 2.76. The van der Waals surface area contributed by atoms with Crippen LogP contribution in [0, 0.1) is 11.6 Å². The predicted octanol–water partition coefficient (Wildman–Crippen LogP) is 7.34. The lowest BCUT2D eigenvalue weighted by atomic mass is 9.95. The molecule has 4 aromatic rings. The number of halogens is 3. The maximum absolute atomic E-state index is 15.2. The Balaban J connectivity index is 0.00000448. The number of fused-ring (bicyclic) bond motifs is 3. The molecule has 0 saturated carbocycles. The molecule has 8 nitrogen and oxygen atoms in total. The Labute approximate surface area is 306 Å². The van der Waals surface area contributed by atoms with E-state index in [0.717, 1.165) is 72.6 Å². The maximum atomic E-state index is 15.2. The number of rotatable bonds is 10. The number of likely N-dealkylation sites (tertiary alicyclic amines) is 1. The summed E-state index contributed by atoms with van der Waals surface area (Å²) in [4.78, 5) is 42.6. The van der Waals surface area contributed by atoms with Gasteiger partial charge in [0.15, 0.2) is 0 Å². The zero-order chi connectivity index (χ0) is 34.8. The van der Waals surface area contributed by atoms with Crippen LogP contribution >= 0.6 is 23.7 Å². The molecule has 1 aromatic heterocycles. The summed E-state index contributed by atoms with van der Waals surface area (Å²) >= 11 is 1.40. The molecule has 2 amide bonds. The van der Waals surface area contributed by atoms with Crippen LogP contribution < -0.4 is 16.0 Å². The van der Waals surface area contributed by atoms with Crippen LogP contribution in [0.15, 0.2) is 60.7 Å². The van der Waals surface area contributed by atoms with Crippen LogP contribution in [0.1, 0.15) is 83.9 Å². The molecule has 0 spiro atoms. The van der Waals surface area contributed by atoms with Crippen molar-refractivity contribution in [3.05, 3.63) is 116 Å². The van der Waals surface area contributed by atoms with E-state index in [1.807, 2.05) is 18.2 Å². The molecule has 51 heavy (non-hydrogen) atoms. The summed E-state index contributed by atoms with van der Waals surface area (Å²) in [6, 6.07) is 17.6. The van der Waals surface area contributed by atoms with Crippen molar-refractivity contribution in [2.24, 2.45) is 0 Å². The van der Waals surface area contributed by atoms with Crippen molar-refractivity contribution < 1.29 is 27.9 Å². The third-order valence-electron chi connectivity index (χ3n) is 9.95. The number of piperazine rings is 1. The summed E-state index contributed by atoms with van der Waals surface area (Å²) in [5.74, 6) is -2.80. The van der Waals surface area contributed by atoms with E-state index >= 15 is 8.78 Å². The number of carbonyl (C=O) groups is 3. The molecule has 2 fully saturated rings. The van der Waals surface area contributed by atoms with E-state index in [-0.39, 0.29) is 36.0 Å². The van der Waals surface area contributed by atoms with Crippen molar-refractivity contribution in [3.63, 3.8) is 0 Å². The summed E-state index contributed by atoms with van der Waals surface area (Å²) < 4.78 is 35.2. The number of amides is 2. The zero-order valence-electron chi connectivity index (χ0n) is 28.4. The van der Waals surface area contributed by atoms with Gasteiger partial charge in [0.1, 0.15) is 16.6 Å². The first kappa shape index (κ1) is 36.6. The molecular weight excluding hydrogens is 694 g/mol. The standard InChI is InChI=1S/C39H40F2N4O4S.ClH/c1-49-39(48)25-12-9-23(10-13-25)11-16-30-32(40)18-29(19-33(30)41)43-37(47)35-31-7-2-3-8-34(31)50-38(35)44-36(46)26-6-4-5-24(17-26)20-45-21-27-14-15-28(22-45)42-27;/h4-6,9-10,12-13,17-19,27-28,42H,2-3,7-8,11,14-16,20-22H2,1H3,(H,43,47)(H,44,46);1H. The number of anilines is 2. The van der Waals surface area contributed by atoms with Gasteiger partial charge in [-0.05, 0) is 104 Å². The third kappa shape index (κ3) is 8.33. The molecule has 7 rings (SSSR count). The Morgan fingerprint density at radius 2 is 1.57 bits per heavy atom. The minimum absolute atomic E-state index is 0. The van der Waals surface area contributed by atoms with Crippen LogP contribution in [0.2, 0.25) is 0 Å². The van der Waals surface area contributed by atoms with Gasteiger partial charge in [0.25, 0.3) is 11.8 Å². The molecule has 3 aromatic carbocycles. The number of hydrogen-bond donors (Lipinski definition) is 3. The Morgan fingerprint density at radius 1 is 0.863 bits per heavy atom. The first-order chi connectivity index (χ1) is 24.2. The van der Waals surface area contributed by atoms with Crippen LogP contribution in [0.25, 0.3) is 0 Å². The van der Waals surface area contributed by atoms with Crippen LogP contribution in [0.3, 0.4) is 0 Å². The number of nitrogens with zero attached hydrogens (tertiary/aromatic N) is 1. The Kier molecular flexibility index (Phi) is 11.5. The number of methoxy groups -OCH3 is 1. The normalized spacial score (nSPS) is 18.0. The highest BCUT2D eigenvalue weighted by atomic mass is 35.5. The Bertz CT molecular complexity index is 1900. The number of nitrogens with one attached hydrogen (secondary N) is 3. The second-order valence-corrected chi connectivity index (χ2v) is 14.6. The van der Waals surface area contributed by atoms with E-state index in [1.54, 1.807) is 30.3 Å². The lowest BCUT2D eigenvalue weighted by Crippen LogP contribution is -2.50. The van der Waals surface area contributed by atoms with Crippen LogP contribution in [0.4, 0.5) is 19.5 Å². The second-order valence-electron chi connectivity index (χ2n) is 13.5. The third-order valence-corrected chi connectivity index (χ3v) is 11.2. The lowest BCUT2D eigenvalue weighted by Gasteiger charge is -2.32. The number of esters is 1. The molecule has 2 aliphatic heterocycles. The number of benzene rings is 3. The second kappa shape index (κ2) is 16.0. The molecule has 3 heterocycles. The van der Waals surface area contributed by atoms with E-state index in [9.17, 15) is 14.4 Å².